The van der Waals surface area contributed by atoms with Gasteiger partial charge in [0.1, 0.15) is 5.75 Å². The van der Waals surface area contributed by atoms with Gasteiger partial charge < -0.3 is 4.74 Å². The second-order valence-corrected chi connectivity index (χ2v) is 3.47. The lowest BCUT2D eigenvalue weighted by Crippen LogP contribution is -2.17. The largest absolute Gasteiger partial charge is 0.573 e. The predicted octanol–water partition coefficient (Wildman–Crippen LogP) is 4.19. The van der Waals surface area contributed by atoms with Crippen LogP contribution in [0.2, 0.25) is 5.02 Å². The van der Waals surface area contributed by atoms with Crippen LogP contribution in [-0.4, -0.2) is 6.36 Å². The van der Waals surface area contributed by atoms with E-state index in [-0.39, 0.29) is 10.8 Å². The summed E-state index contributed by atoms with van der Waals surface area (Å²) in [5.74, 6) is -0.338. The molecule has 0 spiro atoms. The summed E-state index contributed by atoms with van der Waals surface area (Å²) in [6, 6.07) is 4.42. The van der Waals surface area contributed by atoms with Gasteiger partial charge in [0.25, 0.3) is 0 Å². The highest BCUT2D eigenvalue weighted by molar-refractivity contribution is 6.32. The van der Waals surface area contributed by atoms with E-state index in [0.29, 0.717) is 6.42 Å². The first kappa shape index (κ1) is 12.2. The molecule has 84 valence electrons. The maximum absolute atomic E-state index is 12.0. The van der Waals surface area contributed by atoms with Gasteiger partial charge in [-0.15, -0.1) is 13.2 Å². The SMILES string of the molecule is CCCc1ccc(Cl)c(OC(F)(F)F)c1. The number of ether oxygens (including phenoxy) is 1. The molecule has 0 fully saturated rings. The molecule has 1 aromatic carbocycles. The van der Waals surface area contributed by atoms with Crippen molar-refractivity contribution in [3.63, 3.8) is 0 Å². The van der Waals surface area contributed by atoms with Crippen LogP contribution >= 0.6 is 11.6 Å². The lowest BCUT2D eigenvalue weighted by atomic mass is 10.1. The fourth-order valence-corrected chi connectivity index (χ4v) is 1.35. The molecule has 0 aliphatic rings. The van der Waals surface area contributed by atoms with E-state index >= 15 is 0 Å². The molecule has 1 rings (SSSR count). The number of halogens is 4. The Morgan fingerprint density at radius 3 is 2.53 bits per heavy atom. The molecule has 0 aliphatic carbocycles. The molecule has 0 bridgehead atoms. The number of hydrogen-bond donors (Lipinski definition) is 0. The van der Waals surface area contributed by atoms with Gasteiger partial charge in [-0.2, -0.15) is 0 Å². The predicted molar refractivity (Wildman–Crippen MR) is 52.1 cm³/mol. The molecule has 0 atom stereocenters. The molecule has 0 unspecified atom stereocenters. The fraction of sp³-hybridized carbons (Fsp3) is 0.400. The van der Waals surface area contributed by atoms with Crippen molar-refractivity contribution in [2.24, 2.45) is 0 Å². The van der Waals surface area contributed by atoms with Crippen molar-refractivity contribution in [1.29, 1.82) is 0 Å². The van der Waals surface area contributed by atoms with E-state index in [1.54, 1.807) is 6.07 Å². The summed E-state index contributed by atoms with van der Waals surface area (Å²) in [6.07, 6.45) is -3.15. The molecule has 1 aromatic rings. The smallest absolute Gasteiger partial charge is 0.404 e. The van der Waals surface area contributed by atoms with Crippen LogP contribution in [0.25, 0.3) is 0 Å². The zero-order chi connectivity index (χ0) is 11.5. The first-order valence-corrected chi connectivity index (χ1v) is 4.84. The normalized spacial score (nSPS) is 11.5. The van der Waals surface area contributed by atoms with Crippen LogP contribution < -0.4 is 4.74 Å². The van der Waals surface area contributed by atoms with Gasteiger partial charge in [-0.05, 0) is 24.1 Å². The van der Waals surface area contributed by atoms with Gasteiger partial charge in [0.15, 0.2) is 0 Å². The lowest BCUT2D eigenvalue weighted by Gasteiger charge is -2.11. The van der Waals surface area contributed by atoms with Gasteiger partial charge >= 0.3 is 6.36 Å². The topological polar surface area (TPSA) is 9.23 Å². The molecular weight excluding hydrogens is 229 g/mol. The molecule has 0 radical (unpaired) electrons. The number of rotatable bonds is 3. The number of hydrogen-bond acceptors (Lipinski definition) is 1. The highest BCUT2D eigenvalue weighted by Crippen LogP contribution is 2.31. The molecule has 5 heteroatoms. The summed E-state index contributed by atoms with van der Waals surface area (Å²) >= 11 is 5.58. The van der Waals surface area contributed by atoms with Crippen LogP contribution in [0, 0.1) is 0 Å². The maximum atomic E-state index is 12.0. The van der Waals surface area contributed by atoms with Gasteiger partial charge in [-0.3, -0.25) is 0 Å². The summed E-state index contributed by atoms with van der Waals surface area (Å²) in [6.45, 7) is 1.94. The highest BCUT2D eigenvalue weighted by atomic mass is 35.5. The van der Waals surface area contributed by atoms with Crippen LogP contribution in [0.15, 0.2) is 18.2 Å². The Kier molecular flexibility index (Phi) is 3.85. The minimum atomic E-state index is -4.70. The Labute approximate surface area is 90.8 Å². The van der Waals surface area contributed by atoms with Crippen LogP contribution in [-0.2, 0) is 6.42 Å². The van der Waals surface area contributed by atoms with Crippen molar-refractivity contribution in [3.8, 4) is 5.75 Å². The van der Waals surface area contributed by atoms with Crippen LogP contribution in [0.5, 0.6) is 5.75 Å². The van der Waals surface area contributed by atoms with Gasteiger partial charge in [0, 0.05) is 0 Å². The molecule has 1 nitrogen and oxygen atoms in total. The van der Waals surface area contributed by atoms with E-state index in [2.05, 4.69) is 4.74 Å². The Hall–Kier alpha value is -0.900. The minimum Gasteiger partial charge on any atom is -0.404 e. The van der Waals surface area contributed by atoms with Gasteiger partial charge in [-0.25, -0.2) is 0 Å². The standard InChI is InChI=1S/C10H10ClF3O/c1-2-3-7-4-5-8(11)9(6-7)15-10(12,13)14/h4-6H,2-3H2,1H3. The third-order valence-electron chi connectivity index (χ3n) is 1.76. The monoisotopic (exact) mass is 238 g/mol. The second-order valence-electron chi connectivity index (χ2n) is 3.06. The first-order chi connectivity index (χ1) is 6.92. The quantitative estimate of drug-likeness (QED) is 0.767. The first-order valence-electron chi connectivity index (χ1n) is 4.46. The molecule has 0 saturated heterocycles. The summed E-state index contributed by atoms with van der Waals surface area (Å²) < 4.78 is 39.7. The van der Waals surface area contributed by atoms with Gasteiger partial charge in [0.2, 0.25) is 0 Å². The third kappa shape index (κ3) is 4.00. The molecule has 0 aromatic heterocycles. The van der Waals surface area contributed by atoms with Crippen LogP contribution in [0.1, 0.15) is 18.9 Å². The zero-order valence-corrected chi connectivity index (χ0v) is 8.82. The molecule has 0 amide bonds. The Morgan fingerprint density at radius 1 is 1.33 bits per heavy atom. The molecule has 0 N–H and O–H groups in total. The van der Waals surface area contributed by atoms with E-state index in [0.717, 1.165) is 12.0 Å². The van der Waals surface area contributed by atoms with Crippen molar-refractivity contribution >= 4 is 11.6 Å². The third-order valence-corrected chi connectivity index (χ3v) is 2.07. The molecule has 15 heavy (non-hydrogen) atoms. The average Bonchev–Trinajstić information content (AvgIpc) is 2.09. The van der Waals surface area contributed by atoms with Crippen molar-refractivity contribution in [3.05, 3.63) is 28.8 Å². The molecular formula is C10H10ClF3O. The Morgan fingerprint density at radius 2 is 2.00 bits per heavy atom. The van der Waals surface area contributed by atoms with Crippen molar-refractivity contribution < 1.29 is 17.9 Å². The van der Waals surface area contributed by atoms with E-state index in [1.807, 2.05) is 6.92 Å². The summed E-state index contributed by atoms with van der Waals surface area (Å²) in [5, 5.41) is -0.0350. The van der Waals surface area contributed by atoms with Crippen molar-refractivity contribution in [2.45, 2.75) is 26.1 Å². The summed E-state index contributed by atoms with van der Waals surface area (Å²) in [5.41, 5.74) is 0.779. The summed E-state index contributed by atoms with van der Waals surface area (Å²) in [7, 11) is 0. The fourth-order valence-electron chi connectivity index (χ4n) is 1.19. The molecule has 0 saturated carbocycles. The van der Waals surface area contributed by atoms with Crippen LogP contribution in [0.3, 0.4) is 0 Å². The van der Waals surface area contributed by atoms with Crippen molar-refractivity contribution in [1.82, 2.24) is 0 Å². The minimum absolute atomic E-state index is 0.0350. The van der Waals surface area contributed by atoms with Gasteiger partial charge in [-0.1, -0.05) is 31.0 Å². The van der Waals surface area contributed by atoms with E-state index in [1.165, 1.54) is 12.1 Å². The molecule has 0 aliphatic heterocycles. The number of aryl methyl sites for hydroxylation is 1. The Balaban J connectivity index is 2.90. The maximum Gasteiger partial charge on any atom is 0.573 e. The van der Waals surface area contributed by atoms with E-state index in [9.17, 15) is 13.2 Å². The van der Waals surface area contributed by atoms with E-state index < -0.39 is 6.36 Å². The Bertz CT molecular complexity index is 336. The lowest BCUT2D eigenvalue weighted by molar-refractivity contribution is -0.274. The van der Waals surface area contributed by atoms with E-state index in [4.69, 9.17) is 11.6 Å². The number of benzene rings is 1. The zero-order valence-electron chi connectivity index (χ0n) is 8.07. The highest BCUT2D eigenvalue weighted by Gasteiger charge is 2.32. The molecule has 0 heterocycles. The van der Waals surface area contributed by atoms with Gasteiger partial charge in [0.05, 0.1) is 5.02 Å². The summed E-state index contributed by atoms with van der Waals surface area (Å²) in [4.78, 5) is 0. The van der Waals surface area contributed by atoms with Crippen LogP contribution in [0.4, 0.5) is 13.2 Å². The van der Waals surface area contributed by atoms with Crippen molar-refractivity contribution in [2.75, 3.05) is 0 Å². The average molecular weight is 239 g/mol. The second kappa shape index (κ2) is 4.75. The number of alkyl halides is 3.